The summed E-state index contributed by atoms with van der Waals surface area (Å²) in [5.41, 5.74) is 0.820. The molecule has 0 radical (unpaired) electrons. The molecule has 0 saturated heterocycles. The van der Waals surface area contributed by atoms with E-state index in [9.17, 15) is 28.3 Å². The fraction of sp³-hybridized carbons (Fsp3) is 0.516. The van der Waals surface area contributed by atoms with Gasteiger partial charge < -0.3 is 26.0 Å². The summed E-state index contributed by atoms with van der Waals surface area (Å²) in [5.74, 6) is -2.24. The van der Waals surface area contributed by atoms with E-state index in [1.54, 1.807) is 30.0 Å². The molecule has 2 rings (SSSR count). The van der Waals surface area contributed by atoms with E-state index in [4.69, 9.17) is 0 Å². The lowest BCUT2D eigenvalue weighted by Crippen LogP contribution is -2.52. The molecule has 0 saturated carbocycles. The standard InChI is InChI=1S/C31H44F2N4O4/c1-6-11-37(12-7-2)31(41)24-10-8-9-23(16-24)30(40)36-27(15-22-13-25(32)17-26(33)14-22)28(38)19-34-21(5)29(39)35-18-20(3)4/h8-10,13-14,16-17,20-21,27-28,34,38H,6-7,11-12,15,18-19H2,1-5H3,(H,35,39)(H,36,40)/t21-,27-,28-/m0/s1. The van der Waals surface area contributed by atoms with Crippen LogP contribution in [-0.4, -0.2) is 72.1 Å². The van der Waals surface area contributed by atoms with Gasteiger partial charge in [0.1, 0.15) is 11.6 Å². The van der Waals surface area contributed by atoms with Crippen LogP contribution in [0.1, 0.15) is 73.7 Å². The van der Waals surface area contributed by atoms with E-state index in [0.717, 1.165) is 31.0 Å². The number of rotatable bonds is 16. The highest BCUT2D eigenvalue weighted by molar-refractivity contribution is 5.99. The fourth-order valence-corrected chi connectivity index (χ4v) is 4.34. The highest BCUT2D eigenvalue weighted by Crippen LogP contribution is 2.14. The van der Waals surface area contributed by atoms with E-state index in [1.807, 2.05) is 27.7 Å². The van der Waals surface area contributed by atoms with Gasteiger partial charge in [-0.15, -0.1) is 0 Å². The number of nitrogens with one attached hydrogen (secondary N) is 3. The predicted molar refractivity (Wildman–Crippen MR) is 156 cm³/mol. The number of halogens is 2. The first-order chi connectivity index (χ1) is 19.4. The average molecular weight is 575 g/mol. The fourth-order valence-electron chi connectivity index (χ4n) is 4.34. The molecular formula is C31H44F2N4O4. The molecule has 4 N–H and O–H groups in total. The number of benzene rings is 2. The molecule has 2 aromatic carbocycles. The number of aliphatic hydroxyl groups excluding tert-OH is 1. The van der Waals surface area contributed by atoms with Gasteiger partial charge in [0.05, 0.1) is 18.2 Å². The van der Waals surface area contributed by atoms with Gasteiger partial charge in [-0.2, -0.15) is 0 Å². The Hall–Kier alpha value is -3.37. The summed E-state index contributed by atoms with van der Waals surface area (Å²) in [7, 11) is 0. The molecule has 0 aliphatic heterocycles. The smallest absolute Gasteiger partial charge is 0.253 e. The first-order valence-corrected chi connectivity index (χ1v) is 14.3. The molecule has 10 heteroatoms. The Morgan fingerprint density at radius 2 is 1.51 bits per heavy atom. The van der Waals surface area contributed by atoms with Crippen LogP contribution in [0.2, 0.25) is 0 Å². The molecule has 0 heterocycles. The Bertz CT molecular complexity index is 1130. The van der Waals surface area contributed by atoms with Gasteiger partial charge in [0.2, 0.25) is 5.91 Å². The molecule has 3 atom stereocenters. The van der Waals surface area contributed by atoms with Gasteiger partial charge in [-0.05, 0) is 68.0 Å². The van der Waals surface area contributed by atoms with E-state index in [-0.39, 0.29) is 41.8 Å². The van der Waals surface area contributed by atoms with Crippen LogP contribution in [0.4, 0.5) is 8.78 Å². The zero-order valence-corrected chi connectivity index (χ0v) is 24.7. The van der Waals surface area contributed by atoms with Crippen LogP contribution in [0, 0.1) is 17.6 Å². The lowest BCUT2D eigenvalue weighted by atomic mass is 9.99. The van der Waals surface area contributed by atoms with Gasteiger partial charge in [0.15, 0.2) is 0 Å². The number of amides is 3. The minimum atomic E-state index is -1.21. The van der Waals surface area contributed by atoms with Crippen molar-refractivity contribution in [3.63, 3.8) is 0 Å². The van der Waals surface area contributed by atoms with E-state index in [2.05, 4.69) is 16.0 Å². The maximum Gasteiger partial charge on any atom is 0.253 e. The SMILES string of the molecule is CCCN(CCC)C(=O)c1cccc(C(=O)N[C@@H](Cc2cc(F)cc(F)c2)[C@@H](O)CN[C@@H](C)C(=O)NCC(C)C)c1. The Kier molecular flexibility index (Phi) is 13.9. The van der Waals surface area contributed by atoms with Gasteiger partial charge in [-0.3, -0.25) is 14.4 Å². The zero-order chi connectivity index (χ0) is 30.5. The van der Waals surface area contributed by atoms with Crippen LogP contribution in [0.5, 0.6) is 0 Å². The van der Waals surface area contributed by atoms with Crippen molar-refractivity contribution < 1.29 is 28.3 Å². The van der Waals surface area contributed by atoms with Crippen LogP contribution >= 0.6 is 0 Å². The predicted octanol–water partition coefficient (Wildman–Crippen LogP) is 3.68. The minimum absolute atomic E-state index is 0.0689. The highest BCUT2D eigenvalue weighted by atomic mass is 19.1. The van der Waals surface area contributed by atoms with Crippen molar-refractivity contribution in [3.8, 4) is 0 Å². The molecule has 226 valence electrons. The third kappa shape index (κ3) is 11.2. The number of nitrogens with zero attached hydrogens (tertiary/aromatic N) is 1. The Morgan fingerprint density at radius 3 is 2.10 bits per heavy atom. The molecule has 2 aromatic rings. The summed E-state index contributed by atoms with van der Waals surface area (Å²) in [4.78, 5) is 40.4. The normalized spacial score (nSPS) is 13.4. The molecule has 0 aliphatic rings. The molecule has 0 unspecified atom stereocenters. The Labute approximate surface area is 241 Å². The van der Waals surface area contributed by atoms with Crippen LogP contribution in [0.3, 0.4) is 0 Å². The lowest BCUT2D eigenvalue weighted by molar-refractivity contribution is -0.123. The minimum Gasteiger partial charge on any atom is -0.390 e. The first kappa shape index (κ1) is 33.8. The molecule has 0 fully saturated rings. The number of hydrogen-bond donors (Lipinski definition) is 4. The van der Waals surface area contributed by atoms with Crippen molar-refractivity contribution in [1.29, 1.82) is 0 Å². The van der Waals surface area contributed by atoms with Crippen molar-refractivity contribution in [2.45, 2.75) is 72.1 Å². The highest BCUT2D eigenvalue weighted by Gasteiger charge is 2.25. The van der Waals surface area contributed by atoms with E-state index in [0.29, 0.717) is 25.2 Å². The molecule has 0 spiro atoms. The van der Waals surface area contributed by atoms with E-state index < -0.39 is 35.7 Å². The van der Waals surface area contributed by atoms with Crippen molar-refractivity contribution in [3.05, 3.63) is 70.8 Å². The summed E-state index contributed by atoms with van der Waals surface area (Å²) in [6, 6.07) is 7.76. The maximum absolute atomic E-state index is 13.9. The van der Waals surface area contributed by atoms with Gasteiger partial charge >= 0.3 is 0 Å². The monoisotopic (exact) mass is 574 g/mol. The molecule has 0 bridgehead atoms. The molecule has 0 aromatic heterocycles. The van der Waals surface area contributed by atoms with Gasteiger partial charge in [-0.1, -0.05) is 33.8 Å². The largest absolute Gasteiger partial charge is 0.390 e. The third-order valence-electron chi connectivity index (χ3n) is 6.52. The summed E-state index contributed by atoms with van der Waals surface area (Å²) < 4.78 is 27.8. The lowest BCUT2D eigenvalue weighted by Gasteiger charge is -2.26. The van der Waals surface area contributed by atoms with Crippen molar-refractivity contribution in [2.24, 2.45) is 5.92 Å². The van der Waals surface area contributed by atoms with Crippen molar-refractivity contribution >= 4 is 17.7 Å². The van der Waals surface area contributed by atoms with E-state index in [1.165, 1.54) is 6.07 Å². The second-order valence-electron chi connectivity index (χ2n) is 10.8. The quantitative estimate of drug-likeness (QED) is 0.245. The van der Waals surface area contributed by atoms with Crippen LogP contribution in [0.25, 0.3) is 0 Å². The second kappa shape index (κ2) is 16.8. The van der Waals surface area contributed by atoms with Crippen LogP contribution < -0.4 is 16.0 Å². The number of hydrogen-bond acceptors (Lipinski definition) is 5. The first-order valence-electron chi connectivity index (χ1n) is 14.3. The van der Waals surface area contributed by atoms with Crippen LogP contribution in [0.15, 0.2) is 42.5 Å². The number of carbonyl (C=O) groups is 3. The summed E-state index contributed by atoms with van der Waals surface area (Å²) >= 11 is 0. The zero-order valence-electron chi connectivity index (χ0n) is 24.7. The van der Waals surface area contributed by atoms with Gasteiger partial charge in [0, 0.05) is 43.4 Å². The number of aliphatic hydroxyl groups is 1. The Morgan fingerprint density at radius 1 is 0.902 bits per heavy atom. The van der Waals surface area contributed by atoms with Gasteiger partial charge in [0.25, 0.3) is 11.8 Å². The summed E-state index contributed by atoms with van der Waals surface area (Å²) in [5, 5.41) is 19.6. The number of carbonyl (C=O) groups excluding carboxylic acids is 3. The van der Waals surface area contributed by atoms with Crippen molar-refractivity contribution in [2.75, 3.05) is 26.2 Å². The second-order valence-corrected chi connectivity index (χ2v) is 10.8. The topological polar surface area (TPSA) is 111 Å². The molecule has 8 nitrogen and oxygen atoms in total. The Balaban J connectivity index is 2.22. The van der Waals surface area contributed by atoms with Gasteiger partial charge in [-0.25, -0.2) is 8.78 Å². The summed E-state index contributed by atoms with van der Waals surface area (Å²) in [6.07, 6.45) is 0.326. The molecular weight excluding hydrogens is 530 g/mol. The molecule has 41 heavy (non-hydrogen) atoms. The maximum atomic E-state index is 13.9. The average Bonchev–Trinajstić information content (AvgIpc) is 2.92. The summed E-state index contributed by atoms with van der Waals surface area (Å²) in [6.45, 7) is 11.2. The van der Waals surface area contributed by atoms with Crippen LogP contribution in [-0.2, 0) is 11.2 Å². The van der Waals surface area contributed by atoms with Crippen molar-refractivity contribution in [1.82, 2.24) is 20.9 Å². The molecule has 3 amide bonds. The van der Waals surface area contributed by atoms with E-state index >= 15 is 0 Å². The third-order valence-corrected chi connectivity index (χ3v) is 6.52. The molecule has 0 aliphatic carbocycles.